The summed E-state index contributed by atoms with van der Waals surface area (Å²) >= 11 is 0. The molecule has 0 aromatic heterocycles. The van der Waals surface area contributed by atoms with Gasteiger partial charge in [0.2, 0.25) is 0 Å². The van der Waals surface area contributed by atoms with Crippen molar-refractivity contribution in [2.24, 2.45) is 10.3 Å². The minimum atomic E-state index is -0.340. The maximum Gasteiger partial charge on any atom is 0.337 e. The average molecular weight is 233 g/mol. The van der Waals surface area contributed by atoms with Crippen LogP contribution in [0.15, 0.2) is 34.6 Å². The van der Waals surface area contributed by atoms with Crippen molar-refractivity contribution in [2.45, 2.75) is 12.8 Å². The van der Waals surface area contributed by atoms with Crippen LogP contribution in [0, 0.1) is 0 Å². The highest BCUT2D eigenvalue weighted by Gasteiger charge is 2.08. The Morgan fingerprint density at radius 1 is 1.24 bits per heavy atom. The Bertz CT molecular complexity index is 408. The molecule has 5 heteroatoms. The zero-order valence-electron chi connectivity index (χ0n) is 9.80. The highest BCUT2D eigenvalue weighted by atomic mass is 16.5. The van der Waals surface area contributed by atoms with E-state index in [4.69, 9.17) is 0 Å². The van der Waals surface area contributed by atoms with E-state index < -0.39 is 0 Å². The summed E-state index contributed by atoms with van der Waals surface area (Å²) in [5, 5.41) is 10.2. The second kappa shape index (κ2) is 5.43. The number of carbonyl (C=O) groups is 1. The van der Waals surface area contributed by atoms with Gasteiger partial charge in [-0.05, 0) is 37.1 Å². The van der Waals surface area contributed by atoms with Gasteiger partial charge < -0.3 is 4.74 Å². The molecule has 5 nitrogen and oxygen atoms in total. The first-order valence-corrected chi connectivity index (χ1v) is 5.64. The van der Waals surface area contributed by atoms with E-state index >= 15 is 0 Å². The summed E-state index contributed by atoms with van der Waals surface area (Å²) in [6, 6.07) is 6.88. The Morgan fingerprint density at radius 3 is 2.47 bits per heavy atom. The lowest BCUT2D eigenvalue weighted by atomic mass is 10.2. The van der Waals surface area contributed by atoms with Gasteiger partial charge in [0.05, 0.1) is 18.4 Å². The summed E-state index contributed by atoms with van der Waals surface area (Å²) < 4.78 is 4.62. The van der Waals surface area contributed by atoms with Gasteiger partial charge >= 0.3 is 5.97 Å². The van der Waals surface area contributed by atoms with Crippen LogP contribution < -0.4 is 0 Å². The van der Waals surface area contributed by atoms with Crippen LogP contribution in [0.2, 0.25) is 0 Å². The molecule has 1 fully saturated rings. The van der Waals surface area contributed by atoms with Crippen LogP contribution in [-0.4, -0.2) is 31.2 Å². The van der Waals surface area contributed by atoms with Gasteiger partial charge in [0, 0.05) is 13.1 Å². The highest BCUT2D eigenvalue weighted by molar-refractivity contribution is 5.89. The lowest BCUT2D eigenvalue weighted by Crippen LogP contribution is -2.09. The van der Waals surface area contributed by atoms with Crippen LogP contribution >= 0.6 is 0 Å². The Hall–Kier alpha value is -1.91. The second-order valence-corrected chi connectivity index (χ2v) is 3.89. The molecule has 1 aliphatic rings. The molecule has 0 aliphatic carbocycles. The molecular weight excluding hydrogens is 218 g/mol. The number of carbonyl (C=O) groups excluding carboxylic acids is 1. The van der Waals surface area contributed by atoms with Gasteiger partial charge in [0.25, 0.3) is 0 Å². The number of hydrogen-bond acceptors (Lipinski definition) is 4. The molecule has 0 amide bonds. The maximum absolute atomic E-state index is 11.2. The van der Waals surface area contributed by atoms with Crippen LogP contribution in [0.25, 0.3) is 0 Å². The fourth-order valence-corrected chi connectivity index (χ4v) is 1.69. The predicted molar refractivity (Wildman–Crippen MR) is 63.1 cm³/mol. The van der Waals surface area contributed by atoms with Gasteiger partial charge in [0.15, 0.2) is 0 Å². The van der Waals surface area contributed by atoms with Crippen molar-refractivity contribution >= 4 is 11.7 Å². The first-order valence-electron chi connectivity index (χ1n) is 5.64. The minimum Gasteiger partial charge on any atom is -0.465 e. The van der Waals surface area contributed by atoms with E-state index in [-0.39, 0.29) is 5.97 Å². The molecule has 1 heterocycles. The SMILES string of the molecule is COC(=O)c1ccc(N=NN2CCCC2)cc1. The average Bonchev–Trinajstić information content (AvgIpc) is 2.89. The van der Waals surface area contributed by atoms with E-state index in [0.29, 0.717) is 5.56 Å². The van der Waals surface area contributed by atoms with Crippen LogP contribution in [0.4, 0.5) is 5.69 Å². The molecule has 90 valence electrons. The van der Waals surface area contributed by atoms with Gasteiger partial charge in [0.1, 0.15) is 0 Å². The van der Waals surface area contributed by atoms with Crippen LogP contribution in [0.3, 0.4) is 0 Å². The van der Waals surface area contributed by atoms with Crippen molar-refractivity contribution < 1.29 is 9.53 Å². The number of benzene rings is 1. The van der Waals surface area contributed by atoms with Gasteiger partial charge in [-0.15, -0.1) is 5.11 Å². The molecule has 0 radical (unpaired) electrons. The van der Waals surface area contributed by atoms with Crippen molar-refractivity contribution in [3.05, 3.63) is 29.8 Å². The molecule has 0 N–H and O–H groups in total. The standard InChI is InChI=1S/C12H15N3O2/c1-17-12(16)10-4-6-11(7-5-10)13-14-15-8-2-3-9-15/h4-7H,2-3,8-9H2,1H3. The molecule has 2 rings (SSSR count). The predicted octanol–water partition coefficient (Wildman–Crippen LogP) is 2.57. The molecule has 17 heavy (non-hydrogen) atoms. The number of hydrogen-bond donors (Lipinski definition) is 0. The first kappa shape index (κ1) is 11.6. The topological polar surface area (TPSA) is 54.3 Å². The molecule has 0 spiro atoms. The van der Waals surface area contributed by atoms with E-state index in [0.717, 1.165) is 18.8 Å². The molecular formula is C12H15N3O2. The summed E-state index contributed by atoms with van der Waals surface area (Å²) in [4.78, 5) is 11.2. The number of ether oxygens (including phenoxy) is 1. The zero-order valence-corrected chi connectivity index (χ0v) is 9.80. The fraction of sp³-hybridized carbons (Fsp3) is 0.417. The largest absolute Gasteiger partial charge is 0.465 e. The van der Waals surface area contributed by atoms with E-state index in [1.807, 2.05) is 5.01 Å². The fourth-order valence-electron chi connectivity index (χ4n) is 1.69. The minimum absolute atomic E-state index is 0.340. The number of esters is 1. The number of nitrogens with zero attached hydrogens (tertiary/aromatic N) is 3. The first-order chi connectivity index (χ1) is 8.29. The number of methoxy groups -OCH3 is 1. The molecule has 0 unspecified atom stereocenters. The van der Waals surface area contributed by atoms with Gasteiger partial charge in [-0.2, -0.15) is 0 Å². The van der Waals surface area contributed by atoms with E-state index in [1.54, 1.807) is 24.3 Å². The molecule has 0 atom stereocenters. The molecule has 0 bridgehead atoms. The maximum atomic E-state index is 11.2. The molecule has 1 aromatic rings. The van der Waals surface area contributed by atoms with Crippen molar-refractivity contribution in [1.82, 2.24) is 5.01 Å². The monoisotopic (exact) mass is 233 g/mol. The van der Waals surface area contributed by atoms with Crippen LogP contribution in [-0.2, 0) is 4.74 Å². The molecule has 1 aliphatic heterocycles. The van der Waals surface area contributed by atoms with Crippen molar-refractivity contribution in [3.8, 4) is 0 Å². The molecule has 0 saturated carbocycles. The van der Waals surface area contributed by atoms with E-state index in [9.17, 15) is 4.79 Å². The second-order valence-electron chi connectivity index (χ2n) is 3.89. The Balaban J connectivity index is 2.00. The van der Waals surface area contributed by atoms with Crippen molar-refractivity contribution in [1.29, 1.82) is 0 Å². The summed E-state index contributed by atoms with van der Waals surface area (Å²) in [5.74, 6) is -0.340. The summed E-state index contributed by atoms with van der Waals surface area (Å²) in [6.07, 6.45) is 2.36. The third-order valence-corrected chi connectivity index (χ3v) is 2.66. The molecule has 1 saturated heterocycles. The van der Waals surface area contributed by atoms with Gasteiger partial charge in [-0.3, -0.25) is 5.01 Å². The highest BCUT2D eigenvalue weighted by Crippen LogP contribution is 2.16. The zero-order chi connectivity index (χ0) is 12.1. The Labute approximate surface area is 100 Å². The lowest BCUT2D eigenvalue weighted by molar-refractivity contribution is 0.0601. The van der Waals surface area contributed by atoms with Crippen molar-refractivity contribution in [2.75, 3.05) is 20.2 Å². The van der Waals surface area contributed by atoms with E-state index in [1.165, 1.54) is 20.0 Å². The summed E-state index contributed by atoms with van der Waals surface area (Å²) in [6.45, 7) is 1.95. The quantitative estimate of drug-likeness (QED) is 0.595. The van der Waals surface area contributed by atoms with Crippen molar-refractivity contribution in [3.63, 3.8) is 0 Å². The van der Waals surface area contributed by atoms with Gasteiger partial charge in [-0.25, -0.2) is 4.79 Å². The Morgan fingerprint density at radius 2 is 1.88 bits per heavy atom. The molecule has 1 aromatic carbocycles. The van der Waals surface area contributed by atoms with Crippen LogP contribution in [0.5, 0.6) is 0 Å². The number of rotatable bonds is 3. The summed E-state index contributed by atoms with van der Waals surface area (Å²) in [7, 11) is 1.36. The lowest BCUT2D eigenvalue weighted by Gasteiger charge is -2.06. The normalized spacial score (nSPS) is 15.5. The smallest absolute Gasteiger partial charge is 0.337 e. The Kier molecular flexibility index (Phi) is 3.69. The van der Waals surface area contributed by atoms with Crippen LogP contribution in [0.1, 0.15) is 23.2 Å². The van der Waals surface area contributed by atoms with Gasteiger partial charge in [-0.1, -0.05) is 5.22 Å². The third-order valence-electron chi connectivity index (χ3n) is 2.66. The third kappa shape index (κ3) is 3.03. The van der Waals surface area contributed by atoms with E-state index in [2.05, 4.69) is 15.1 Å². The summed E-state index contributed by atoms with van der Waals surface area (Å²) in [5.41, 5.74) is 1.26.